The summed E-state index contributed by atoms with van der Waals surface area (Å²) in [6.07, 6.45) is 0.697. The van der Waals surface area contributed by atoms with Gasteiger partial charge < -0.3 is 19.9 Å². The number of carbonyl (C=O) groups is 1. The molecule has 2 aliphatic rings. The van der Waals surface area contributed by atoms with Crippen molar-refractivity contribution in [2.45, 2.75) is 12.5 Å². The maximum Gasteiger partial charge on any atom is 0.253 e. The lowest BCUT2D eigenvalue weighted by atomic mass is 10.2. The number of anilines is 1. The summed E-state index contributed by atoms with van der Waals surface area (Å²) in [5.41, 5.74) is 1.24. The minimum Gasteiger partial charge on any atom is -0.370 e. The lowest BCUT2D eigenvalue weighted by molar-refractivity contribution is -0.144. The van der Waals surface area contributed by atoms with Gasteiger partial charge in [-0.3, -0.25) is 4.79 Å². The summed E-state index contributed by atoms with van der Waals surface area (Å²) in [5, 5.41) is 3.22. The van der Waals surface area contributed by atoms with Crippen LogP contribution < -0.4 is 10.2 Å². The average Bonchev–Trinajstić information content (AvgIpc) is 2.82. The Kier molecular flexibility index (Phi) is 8.69. The molecule has 2 aliphatic heterocycles. The van der Waals surface area contributed by atoms with Crippen LogP contribution >= 0.6 is 24.8 Å². The molecule has 1 amide bonds. The van der Waals surface area contributed by atoms with Crippen molar-refractivity contribution >= 4 is 36.4 Å². The number of morpholine rings is 1. The van der Waals surface area contributed by atoms with Gasteiger partial charge in [0.2, 0.25) is 0 Å². The molecule has 0 spiro atoms. The molecule has 2 fully saturated rings. The molecule has 0 saturated carbocycles. The van der Waals surface area contributed by atoms with Crippen molar-refractivity contribution < 1.29 is 9.53 Å². The number of nitrogens with one attached hydrogen (secondary N) is 1. The van der Waals surface area contributed by atoms with E-state index < -0.39 is 0 Å². The third-order valence-corrected chi connectivity index (χ3v) is 4.13. The number of nitrogens with zero attached hydrogens (tertiary/aromatic N) is 2. The standard InChI is InChI=1S/C16H23N3O2.2ClH/c20-16(15-13-17-7-12-21-15)19-9-4-8-18(10-11-19)14-5-2-1-3-6-14;;/h1-3,5-6,15,17H,4,7-13H2;2*1H. The molecular weight excluding hydrogens is 337 g/mol. The van der Waals surface area contributed by atoms with E-state index in [1.54, 1.807) is 0 Å². The van der Waals surface area contributed by atoms with E-state index in [4.69, 9.17) is 4.74 Å². The molecular formula is C16H25Cl2N3O2. The van der Waals surface area contributed by atoms with Crippen molar-refractivity contribution in [1.29, 1.82) is 0 Å². The first kappa shape index (κ1) is 20.0. The zero-order valence-electron chi connectivity index (χ0n) is 13.1. The highest BCUT2D eigenvalue weighted by Gasteiger charge is 2.28. The molecule has 2 heterocycles. The smallest absolute Gasteiger partial charge is 0.253 e. The zero-order valence-corrected chi connectivity index (χ0v) is 14.8. The summed E-state index contributed by atoms with van der Waals surface area (Å²) >= 11 is 0. The third-order valence-electron chi connectivity index (χ3n) is 4.13. The molecule has 0 bridgehead atoms. The normalized spacial score (nSPS) is 21.7. The number of hydrogen-bond acceptors (Lipinski definition) is 4. The first-order chi connectivity index (χ1) is 10.3. The van der Waals surface area contributed by atoms with E-state index in [0.717, 1.165) is 39.1 Å². The van der Waals surface area contributed by atoms with Gasteiger partial charge in [-0.05, 0) is 18.6 Å². The molecule has 0 radical (unpaired) electrons. The van der Waals surface area contributed by atoms with Gasteiger partial charge in [-0.15, -0.1) is 24.8 Å². The molecule has 7 heteroatoms. The molecule has 130 valence electrons. The Morgan fingerprint density at radius 2 is 1.87 bits per heavy atom. The second kappa shape index (κ2) is 9.98. The molecule has 0 aromatic heterocycles. The number of carbonyl (C=O) groups excluding carboxylic acids is 1. The molecule has 23 heavy (non-hydrogen) atoms. The van der Waals surface area contributed by atoms with Gasteiger partial charge in [0.1, 0.15) is 6.10 Å². The highest BCUT2D eigenvalue weighted by atomic mass is 35.5. The van der Waals surface area contributed by atoms with Crippen molar-refractivity contribution in [3.8, 4) is 0 Å². The van der Waals surface area contributed by atoms with Gasteiger partial charge in [-0.2, -0.15) is 0 Å². The summed E-state index contributed by atoms with van der Waals surface area (Å²) in [4.78, 5) is 16.8. The predicted molar refractivity (Wildman–Crippen MR) is 97.0 cm³/mol. The first-order valence-electron chi connectivity index (χ1n) is 7.76. The number of ether oxygens (including phenoxy) is 1. The number of para-hydroxylation sites is 1. The first-order valence-corrected chi connectivity index (χ1v) is 7.76. The van der Waals surface area contributed by atoms with Gasteiger partial charge in [0.25, 0.3) is 5.91 Å². The average molecular weight is 362 g/mol. The summed E-state index contributed by atoms with van der Waals surface area (Å²) < 4.78 is 5.58. The van der Waals surface area contributed by atoms with E-state index in [1.807, 2.05) is 11.0 Å². The van der Waals surface area contributed by atoms with Crippen LogP contribution in [0.1, 0.15) is 6.42 Å². The van der Waals surface area contributed by atoms with Crippen LogP contribution in [-0.2, 0) is 9.53 Å². The molecule has 0 aliphatic carbocycles. The second-order valence-electron chi connectivity index (χ2n) is 5.56. The van der Waals surface area contributed by atoms with E-state index in [0.29, 0.717) is 13.2 Å². The van der Waals surface area contributed by atoms with E-state index in [-0.39, 0.29) is 36.8 Å². The molecule has 1 aromatic rings. The maximum absolute atomic E-state index is 12.5. The fourth-order valence-electron chi connectivity index (χ4n) is 2.96. The molecule has 1 unspecified atom stereocenters. The Bertz CT molecular complexity index is 470. The highest BCUT2D eigenvalue weighted by Crippen LogP contribution is 2.16. The summed E-state index contributed by atoms with van der Waals surface area (Å²) in [6.45, 7) is 5.58. The summed E-state index contributed by atoms with van der Waals surface area (Å²) in [5.74, 6) is 0.136. The van der Waals surface area contributed by atoms with Crippen LogP contribution in [0.3, 0.4) is 0 Å². The van der Waals surface area contributed by atoms with Crippen LogP contribution in [0.15, 0.2) is 30.3 Å². The Hall–Kier alpha value is -1.01. The number of halogens is 2. The summed E-state index contributed by atoms with van der Waals surface area (Å²) in [6, 6.07) is 10.4. The van der Waals surface area contributed by atoms with Gasteiger partial charge in [-0.1, -0.05) is 18.2 Å². The highest BCUT2D eigenvalue weighted by molar-refractivity contribution is 5.85. The van der Waals surface area contributed by atoms with E-state index in [1.165, 1.54) is 5.69 Å². The SMILES string of the molecule is Cl.Cl.O=C(C1CNCCO1)N1CCCN(c2ccccc2)CC1. The van der Waals surface area contributed by atoms with Crippen molar-refractivity contribution in [3.63, 3.8) is 0 Å². The van der Waals surface area contributed by atoms with Gasteiger partial charge >= 0.3 is 0 Å². The Balaban J connectivity index is 0.00000132. The monoisotopic (exact) mass is 361 g/mol. The second-order valence-corrected chi connectivity index (χ2v) is 5.56. The predicted octanol–water partition coefficient (Wildman–Crippen LogP) is 1.56. The lowest BCUT2D eigenvalue weighted by Gasteiger charge is -2.29. The van der Waals surface area contributed by atoms with Crippen molar-refractivity contribution in [1.82, 2.24) is 10.2 Å². The van der Waals surface area contributed by atoms with Crippen LogP contribution in [0.4, 0.5) is 5.69 Å². The molecule has 3 rings (SSSR count). The minimum absolute atomic E-state index is 0. The largest absolute Gasteiger partial charge is 0.370 e. The summed E-state index contributed by atoms with van der Waals surface area (Å²) in [7, 11) is 0. The van der Waals surface area contributed by atoms with E-state index >= 15 is 0 Å². The fourth-order valence-corrected chi connectivity index (χ4v) is 2.96. The third kappa shape index (κ3) is 5.24. The quantitative estimate of drug-likeness (QED) is 0.867. The van der Waals surface area contributed by atoms with Crippen molar-refractivity contribution in [2.24, 2.45) is 0 Å². The fraction of sp³-hybridized carbons (Fsp3) is 0.562. The Labute approximate surface area is 150 Å². The van der Waals surface area contributed by atoms with Crippen LogP contribution in [0.25, 0.3) is 0 Å². The lowest BCUT2D eigenvalue weighted by Crippen LogP contribution is -2.50. The maximum atomic E-state index is 12.5. The van der Waals surface area contributed by atoms with Gasteiger partial charge in [0.05, 0.1) is 6.61 Å². The zero-order chi connectivity index (χ0) is 14.5. The van der Waals surface area contributed by atoms with Gasteiger partial charge in [0, 0.05) is 45.0 Å². The molecule has 2 saturated heterocycles. The topological polar surface area (TPSA) is 44.8 Å². The van der Waals surface area contributed by atoms with Crippen molar-refractivity contribution in [2.75, 3.05) is 50.8 Å². The molecule has 1 atom stereocenters. The number of hydrogen-bond donors (Lipinski definition) is 1. The van der Waals surface area contributed by atoms with Gasteiger partial charge in [0.15, 0.2) is 0 Å². The van der Waals surface area contributed by atoms with Crippen LogP contribution in [0, 0.1) is 0 Å². The van der Waals surface area contributed by atoms with Gasteiger partial charge in [-0.25, -0.2) is 0 Å². The number of benzene rings is 1. The Morgan fingerprint density at radius 3 is 2.57 bits per heavy atom. The molecule has 1 N–H and O–H groups in total. The van der Waals surface area contributed by atoms with Crippen LogP contribution in [0.5, 0.6) is 0 Å². The minimum atomic E-state index is -0.304. The van der Waals surface area contributed by atoms with Crippen LogP contribution in [-0.4, -0.2) is 62.8 Å². The molecule has 5 nitrogen and oxygen atoms in total. The number of amides is 1. The van der Waals surface area contributed by atoms with Crippen molar-refractivity contribution in [3.05, 3.63) is 30.3 Å². The van der Waals surface area contributed by atoms with E-state index in [2.05, 4.69) is 34.5 Å². The Morgan fingerprint density at radius 1 is 1.09 bits per heavy atom. The van der Waals surface area contributed by atoms with Crippen LogP contribution in [0.2, 0.25) is 0 Å². The number of rotatable bonds is 2. The van der Waals surface area contributed by atoms with E-state index in [9.17, 15) is 4.79 Å². The molecule has 1 aromatic carbocycles.